The van der Waals surface area contributed by atoms with Crippen LogP contribution in [0.1, 0.15) is 16.8 Å². The van der Waals surface area contributed by atoms with Crippen LogP contribution in [-0.2, 0) is 0 Å². The van der Waals surface area contributed by atoms with Gasteiger partial charge in [0.15, 0.2) is 5.84 Å². The van der Waals surface area contributed by atoms with Crippen molar-refractivity contribution in [2.24, 2.45) is 10.1 Å². The molecule has 0 bridgehead atoms. The van der Waals surface area contributed by atoms with E-state index >= 15 is 0 Å². The number of benzene rings is 3. The molecule has 0 aliphatic rings. The molecule has 0 atom stereocenters. The molecule has 0 unspecified atom stereocenters. The quantitative estimate of drug-likeness (QED) is 0.160. The summed E-state index contributed by atoms with van der Waals surface area (Å²) in [5, 5.41) is 24.7. The maximum absolute atomic E-state index is 9.99. The highest BCUT2D eigenvalue weighted by atomic mass is 79.9. The third kappa shape index (κ3) is 4.98. The van der Waals surface area contributed by atoms with Crippen molar-refractivity contribution in [3.8, 4) is 11.5 Å². The van der Waals surface area contributed by atoms with Crippen LogP contribution in [0.15, 0.2) is 85.8 Å². The van der Waals surface area contributed by atoms with Gasteiger partial charge in [0.1, 0.15) is 17.2 Å². The molecule has 0 saturated carbocycles. The highest BCUT2D eigenvalue weighted by molar-refractivity contribution is 9.11. The zero-order valence-electron chi connectivity index (χ0n) is 16.9. The van der Waals surface area contributed by atoms with Gasteiger partial charge in [-0.05, 0) is 80.7 Å². The van der Waals surface area contributed by atoms with Crippen molar-refractivity contribution >= 4 is 60.5 Å². The Balaban J connectivity index is 1.76. The zero-order valence-corrected chi connectivity index (χ0v) is 20.1. The van der Waals surface area contributed by atoms with E-state index in [1.165, 1.54) is 18.3 Å². The molecular weight excluding hydrogens is 536 g/mol. The summed E-state index contributed by atoms with van der Waals surface area (Å²) in [7, 11) is 0. The zero-order chi connectivity index (χ0) is 22.7. The Hall–Kier alpha value is -3.23. The van der Waals surface area contributed by atoms with Crippen molar-refractivity contribution in [1.29, 1.82) is 0 Å². The molecule has 0 aliphatic heterocycles. The maximum Gasteiger partial charge on any atom is 0.173 e. The number of hydrogen-bond acceptors (Lipinski definition) is 5. The summed E-state index contributed by atoms with van der Waals surface area (Å²) in [5.41, 5.74) is 6.61. The summed E-state index contributed by atoms with van der Waals surface area (Å²) in [6.07, 6.45) is 1.45. The normalized spacial score (nSPS) is 11.9. The smallest absolute Gasteiger partial charge is 0.173 e. The fourth-order valence-corrected chi connectivity index (χ4v) is 4.65. The minimum absolute atomic E-state index is 0.0238. The maximum atomic E-state index is 9.99. The van der Waals surface area contributed by atoms with Crippen LogP contribution in [0.3, 0.4) is 0 Å². The van der Waals surface area contributed by atoms with Crippen LogP contribution in [0.4, 0.5) is 5.69 Å². The van der Waals surface area contributed by atoms with Gasteiger partial charge in [0.2, 0.25) is 0 Å². The third-order valence-electron chi connectivity index (χ3n) is 4.61. The fourth-order valence-electron chi connectivity index (χ4n) is 3.05. The van der Waals surface area contributed by atoms with E-state index in [-0.39, 0.29) is 11.5 Å². The lowest BCUT2D eigenvalue weighted by Gasteiger charge is -2.10. The number of nitrogens with one attached hydrogen (secondary N) is 1. The average molecular weight is 554 g/mol. The van der Waals surface area contributed by atoms with E-state index in [0.717, 1.165) is 25.4 Å². The molecule has 8 heteroatoms. The van der Waals surface area contributed by atoms with Crippen LogP contribution in [0.5, 0.6) is 11.5 Å². The summed E-state index contributed by atoms with van der Waals surface area (Å²) in [6.45, 7) is 2.00. The summed E-state index contributed by atoms with van der Waals surface area (Å²) in [6, 6.07) is 19.9. The molecule has 1 heterocycles. The van der Waals surface area contributed by atoms with E-state index in [2.05, 4.69) is 42.4 Å². The molecule has 3 N–H and O–H groups in total. The predicted octanol–water partition coefficient (Wildman–Crippen LogP) is 6.18. The van der Waals surface area contributed by atoms with E-state index in [4.69, 9.17) is 9.98 Å². The van der Waals surface area contributed by atoms with Crippen LogP contribution >= 0.6 is 31.9 Å². The Labute approximate surface area is 201 Å². The predicted molar refractivity (Wildman–Crippen MR) is 135 cm³/mol. The SMILES string of the molecule is Cc1cc(Br)c(N=C(N/N=C/c2ccc(O)cc2O)c2ccc3ccccc3n2)c(Br)c1. The lowest BCUT2D eigenvalue weighted by molar-refractivity contribution is 0.450. The first-order chi connectivity index (χ1) is 15.4. The van der Waals surface area contributed by atoms with E-state index in [9.17, 15) is 10.2 Å². The van der Waals surface area contributed by atoms with Crippen LogP contribution in [0, 0.1) is 6.92 Å². The van der Waals surface area contributed by atoms with Crippen molar-refractivity contribution in [1.82, 2.24) is 10.4 Å². The number of aliphatic imine (C=N–C) groups is 1. The topological polar surface area (TPSA) is 90.1 Å². The molecule has 1 aromatic heterocycles. The minimum Gasteiger partial charge on any atom is -0.508 e. The van der Waals surface area contributed by atoms with Gasteiger partial charge < -0.3 is 10.2 Å². The largest absolute Gasteiger partial charge is 0.508 e. The highest BCUT2D eigenvalue weighted by Gasteiger charge is 2.11. The Bertz CT molecular complexity index is 1350. The number of nitrogens with zero attached hydrogens (tertiary/aromatic N) is 3. The number of aryl methyl sites for hydroxylation is 1. The molecule has 4 rings (SSSR count). The van der Waals surface area contributed by atoms with Crippen molar-refractivity contribution in [3.63, 3.8) is 0 Å². The highest BCUT2D eigenvalue weighted by Crippen LogP contribution is 2.35. The molecule has 0 fully saturated rings. The molecule has 0 aliphatic carbocycles. The number of amidine groups is 1. The number of aromatic hydroxyl groups is 2. The van der Waals surface area contributed by atoms with E-state index < -0.39 is 0 Å². The van der Waals surface area contributed by atoms with Crippen molar-refractivity contribution < 1.29 is 10.2 Å². The average Bonchev–Trinajstić information content (AvgIpc) is 2.76. The number of hydrazone groups is 1. The van der Waals surface area contributed by atoms with Crippen molar-refractivity contribution in [2.75, 3.05) is 0 Å². The molecule has 0 amide bonds. The first kappa shape index (κ1) is 22.0. The van der Waals surface area contributed by atoms with Gasteiger partial charge in [0, 0.05) is 26.0 Å². The number of pyridine rings is 1. The van der Waals surface area contributed by atoms with Gasteiger partial charge in [-0.2, -0.15) is 5.10 Å². The van der Waals surface area contributed by atoms with Gasteiger partial charge in [-0.15, -0.1) is 0 Å². The number of rotatable bonds is 4. The summed E-state index contributed by atoms with van der Waals surface area (Å²) in [5.74, 6) is 0.321. The van der Waals surface area contributed by atoms with Gasteiger partial charge in [0.05, 0.1) is 17.4 Å². The van der Waals surface area contributed by atoms with Crippen molar-refractivity contribution in [2.45, 2.75) is 6.92 Å². The van der Waals surface area contributed by atoms with Gasteiger partial charge in [-0.25, -0.2) is 9.98 Å². The Morgan fingerprint density at radius 2 is 1.72 bits per heavy atom. The fraction of sp³-hybridized carbons (Fsp3) is 0.0417. The Kier molecular flexibility index (Phi) is 6.53. The van der Waals surface area contributed by atoms with Gasteiger partial charge in [-0.3, -0.25) is 5.43 Å². The molecule has 0 spiro atoms. The van der Waals surface area contributed by atoms with E-state index in [1.807, 2.05) is 55.5 Å². The molecule has 32 heavy (non-hydrogen) atoms. The number of halogens is 2. The van der Waals surface area contributed by atoms with Gasteiger partial charge in [0.25, 0.3) is 0 Å². The molecule has 4 aromatic rings. The minimum atomic E-state index is -0.0816. The summed E-state index contributed by atoms with van der Waals surface area (Å²) < 4.78 is 1.65. The van der Waals surface area contributed by atoms with Crippen LogP contribution < -0.4 is 5.43 Å². The second-order valence-corrected chi connectivity index (χ2v) is 8.75. The lowest BCUT2D eigenvalue weighted by Crippen LogP contribution is -2.20. The number of fused-ring (bicyclic) bond motifs is 1. The number of para-hydroxylation sites is 1. The second kappa shape index (κ2) is 9.50. The van der Waals surface area contributed by atoms with Crippen LogP contribution in [-0.4, -0.2) is 27.2 Å². The molecular formula is C24H18Br2N4O2. The number of phenols is 2. The monoisotopic (exact) mass is 552 g/mol. The molecule has 3 aromatic carbocycles. The van der Waals surface area contributed by atoms with Crippen LogP contribution in [0.25, 0.3) is 10.9 Å². The summed E-state index contributed by atoms with van der Waals surface area (Å²) >= 11 is 7.16. The molecule has 6 nitrogen and oxygen atoms in total. The molecule has 0 radical (unpaired) electrons. The van der Waals surface area contributed by atoms with Gasteiger partial charge >= 0.3 is 0 Å². The lowest BCUT2D eigenvalue weighted by atomic mass is 10.2. The number of aromatic nitrogens is 1. The first-order valence-corrected chi connectivity index (χ1v) is 11.2. The summed E-state index contributed by atoms with van der Waals surface area (Å²) in [4.78, 5) is 9.50. The van der Waals surface area contributed by atoms with Crippen LogP contribution in [0.2, 0.25) is 0 Å². The first-order valence-electron chi connectivity index (χ1n) is 9.62. The Morgan fingerprint density at radius 1 is 0.969 bits per heavy atom. The van der Waals surface area contributed by atoms with E-state index in [1.54, 1.807) is 6.07 Å². The second-order valence-electron chi connectivity index (χ2n) is 7.04. The standard InChI is InChI=1S/C24H18Br2N4O2/c1-14-10-18(25)23(19(26)11-14)29-24(21-9-7-15-4-2-3-5-20(15)28-21)30-27-13-16-6-8-17(31)12-22(16)32/h2-13,31-32H,1H3,(H,29,30)/b27-13+. The molecule has 0 saturated heterocycles. The van der Waals surface area contributed by atoms with Crippen molar-refractivity contribution in [3.05, 3.63) is 92.5 Å². The third-order valence-corrected chi connectivity index (χ3v) is 5.82. The number of hydrogen-bond donors (Lipinski definition) is 3. The molecule has 160 valence electrons. The van der Waals surface area contributed by atoms with E-state index in [0.29, 0.717) is 22.8 Å². The van der Waals surface area contributed by atoms with Gasteiger partial charge in [-0.1, -0.05) is 24.3 Å². The number of phenolic OH excluding ortho intramolecular Hbond substituents is 2. The Morgan fingerprint density at radius 3 is 2.47 bits per heavy atom.